The highest BCUT2D eigenvalue weighted by Gasteiger charge is 2.23. The number of carbonyl (C=O) groups excluding carboxylic acids is 1. The molecular formula is C41H46ClN7O3. The average molecular weight is 720 g/mol. The van der Waals surface area contributed by atoms with Crippen molar-refractivity contribution in [2.45, 2.75) is 52.3 Å². The van der Waals surface area contributed by atoms with Crippen molar-refractivity contribution in [1.82, 2.24) is 20.3 Å². The van der Waals surface area contributed by atoms with E-state index in [1.54, 1.807) is 10.9 Å². The van der Waals surface area contributed by atoms with Gasteiger partial charge in [-0.25, -0.2) is 4.68 Å². The van der Waals surface area contributed by atoms with E-state index in [2.05, 4.69) is 83.0 Å². The number of aliphatic imine (C=N–C) groups is 1. The molecule has 0 radical (unpaired) electrons. The Kier molecular flexibility index (Phi) is 13.1. The third-order valence-corrected chi connectivity index (χ3v) is 8.78. The Hall–Kier alpha value is -5.61. The zero-order valence-electron chi connectivity index (χ0n) is 29.6. The lowest BCUT2D eigenvalue weighted by Crippen LogP contribution is -2.33. The first-order valence-corrected chi connectivity index (χ1v) is 17.4. The van der Waals surface area contributed by atoms with E-state index in [0.717, 1.165) is 50.4 Å². The molecule has 0 fully saturated rings. The molecule has 6 aromatic rings. The Bertz CT molecular complexity index is 2110. The molecule has 0 aliphatic rings. The maximum Gasteiger partial charge on any atom is 0.245 e. The van der Waals surface area contributed by atoms with Crippen LogP contribution in [0.3, 0.4) is 0 Å². The number of ether oxygens (including phenoxy) is 2. The first kappa shape index (κ1) is 37.6. The van der Waals surface area contributed by atoms with Crippen molar-refractivity contribution < 1.29 is 14.3 Å². The van der Waals surface area contributed by atoms with Crippen LogP contribution in [-0.2, 0) is 17.9 Å². The molecule has 0 unspecified atom stereocenters. The number of nitrogens with two attached hydrogens (primary N) is 2. The number of hydrogen-bond donors (Lipinski definition) is 3. The van der Waals surface area contributed by atoms with Gasteiger partial charge in [0.15, 0.2) is 5.96 Å². The molecule has 270 valence electrons. The van der Waals surface area contributed by atoms with Gasteiger partial charge in [0.25, 0.3) is 0 Å². The Morgan fingerprint density at radius 1 is 0.808 bits per heavy atom. The monoisotopic (exact) mass is 719 g/mol. The number of rotatable bonds is 16. The van der Waals surface area contributed by atoms with Crippen molar-refractivity contribution in [3.8, 4) is 22.6 Å². The van der Waals surface area contributed by atoms with Gasteiger partial charge in [0, 0.05) is 24.2 Å². The van der Waals surface area contributed by atoms with Crippen LogP contribution in [0.2, 0.25) is 0 Å². The molecule has 0 saturated carbocycles. The predicted molar refractivity (Wildman–Crippen MR) is 211 cm³/mol. The lowest BCUT2D eigenvalue weighted by Gasteiger charge is -2.20. The van der Waals surface area contributed by atoms with E-state index in [9.17, 15) is 4.79 Å². The zero-order valence-corrected chi connectivity index (χ0v) is 30.4. The van der Waals surface area contributed by atoms with Gasteiger partial charge in [-0.15, -0.1) is 17.5 Å². The number of hydrogen-bond acceptors (Lipinski definition) is 6. The molecule has 5 aromatic carbocycles. The van der Waals surface area contributed by atoms with E-state index in [-0.39, 0.29) is 30.9 Å². The number of benzene rings is 5. The van der Waals surface area contributed by atoms with Gasteiger partial charge >= 0.3 is 0 Å². The molecule has 0 aliphatic heterocycles. The normalized spacial score (nSPS) is 11.6. The number of fused-ring (bicyclic) bond motifs is 2. The largest absolute Gasteiger partial charge is 0.493 e. The van der Waals surface area contributed by atoms with Crippen molar-refractivity contribution >= 4 is 45.8 Å². The van der Waals surface area contributed by atoms with Crippen molar-refractivity contribution in [3.63, 3.8) is 0 Å². The van der Waals surface area contributed by atoms with Crippen LogP contribution in [0.15, 0.2) is 114 Å². The van der Waals surface area contributed by atoms with E-state index in [1.807, 2.05) is 54.6 Å². The summed E-state index contributed by atoms with van der Waals surface area (Å²) < 4.78 is 14.7. The summed E-state index contributed by atoms with van der Waals surface area (Å²) >= 11 is 0. The van der Waals surface area contributed by atoms with Gasteiger partial charge in [0.05, 0.1) is 12.8 Å². The maximum atomic E-state index is 13.5. The summed E-state index contributed by atoms with van der Waals surface area (Å²) in [4.78, 5) is 17.6. The molecule has 0 saturated heterocycles. The highest BCUT2D eigenvalue weighted by Crippen LogP contribution is 2.45. The number of guanidine groups is 1. The molecule has 0 aliphatic carbocycles. The van der Waals surface area contributed by atoms with Crippen LogP contribution in [0.1, 0.15) is 50.4 Å². The molecule has 1 heterocycles. The fourth-order valence-corrected chi connectivity index (χ4v) is 6.13. The lowest BCUT2D eigenvalue weighted by molar-refractivity contribution is -0.125. The Balaban J connectivity index is 0.00000523. The number of amides is 1. The fourth-order valence-electron chi connectivity index (χ4n) is 6.13. The van der Waals surface area contributed by atoms with Gasteiger partial charge in [-0.2, -0.15) is 0 Å². The Morgan fingerprint density at radius 2 is 1.42 bits per heavy atom. The highest BCUT2D eigenvalue weighted by molar-refractivity contribution is 6.09. The summed E-state index contributed by atoms with van der Waals surface area (Å²) in [5.74, 6) is 1.88. The Labute approximate surface area is 310 Å². The standard InChI is InChI=1S/C41H45N7O3.ClH/c1-28(2)22-24-50-36-20-18-30-13-6-8-15-33(30)38(36)39-34-16-9-7-14-31(34)19-21-37(39)51-27-32-26-48(47-46-32)35(17-10-23-44-41(42)43)40(49)45-25-29-11-4-3-5-12-29;/h3-9,11-16,18-21,26,28,35H,10,17,22-25,27H2,1-2H3,(H,45,49)(H4,42,43,44);1H/t35-;/m1./s1. The van der Waals surface area contributed by atoms with Crippen LogP contribution in [0.5, 0.6) is 11.5 Å². The summed E-state index contributed by atoms with van der Waals surface area (Å²) in [5.41, 5.74) is 14.6. The maximum absolute atomic E-state index is 13.5. The molecular weight excluding hydrogens is 674 g/mol. The lowest BCUT2D eigenvalue weighted by atomic mass is 9.92. The minimum Gasteiger partial charge on any atom is -0.493 e. The van der Waals surface area contributed by atoms with Crippen LogP contribution in [-0.4, -0.2) is 40.0 Å². The van der Waals surface area contributed by atoms with Gasteiger partial charge < -0.3 is 26.3 Å². The summed E-state index contributed by atoms with van der Waals surface area (Å²) in [6, 6.07) is 34.1. The quantitative estimate of drug-likeness (QED) is 0.0532. The van der Waals surface area contributed by atoms with Gasteiger partial charge in [-0.05, 0) is 64.4 Å². The minimum absolute atomic E-state index is 0. The van der Waals surface area contributed by atoms with Gasteiger partial charge in [0.1, 0.15) is 29.8 Å². The number of carbonyl (C=O) groups is 1. The molecule has 0 spiro atoms. The van der Waals surface area contributed by atoms with Crippen LogP contribution in [0, 0.1) is 5.92 Å². The molecule has 1 amide bonds. The fraction of sp³-hybridized carbons (Fsp3) is 0.268. The van der Waals surface area contributed by atoms with Gasteiger partial charge in [-0.3, -0.25) is 9.79 Å². The second-order valence-corrected chi connectivity index (χ2v) is 13.0. The second kappa shape index (κ2) is 18.1. The molecule has 6 rings (SSSR count). The number of nitrogens with one attached hydrogen (secondary N) is 1. The molecule has 11 heteroatoms. The van der Waals surface area contributed by atoms with Gasteiger partial charge in [-0.1, -0.05) is 110 Å². The topological polar surface area (TPSA) is 143 Å². The van der Waals surface area contributed by atoms with Crippen LogP contribution in [0.4, 0.5) is 0 Å². The van der Waals surface area contributed by atoms with E-state index in [1.165, 1.54) is 0 Å². The van der Waals surface area contributed by atoms with E-state index < -0.39 is 6.04 Å². The van der Waals surface area contributed by atoms with Crippen molar-refractivity contribution in [2.75, 3.05) is 13.2 Å². The molecule has 52 heavy (non-hydrogen) atoms. The molecule has 1 atom stereocenters. The first-order chi connectivity index (χ1) is 24.9. The van der Waals surface area contributed by atoms with Crippen LogP contribution >= 0.6 is 12.4 Å². The van der Waals surface area contributed by atoms with Crippen molar-refractivity contribution in [1.29, 1.82) is 0 Å². The molecule has 1 aromatic heterocycles. The van der Waals surface area contributed by atoms with E-state index >= 15 is 0 Å². The summed E-state index contributed by atoms with van der Waals surface area (Å²) in [7, 11) is 0. The predicted octanol–water partition coefficient (Wildman–Crippen LogP) is 7.59. The van der Waals surface area contributed by atoms with Crippen molar-refractivity contribution in [2.24, 2.45) is 22.4 Å². The SMILES string of the molecule is CC(C)CCOc1ccc2ccccc2c1-c1c(OCc2cn([C@H](CCCN=C(N)N)C(=O)NCc3ccccc3)nn2)ccc2ccccc12.Cl. The number of halogens is 1. The summed E-state index contributed by atoms with van der Waals surface area (Å²) in [6.07, 6.45) is 3.77. The van der Waals surface area contributed by atoms with Crippen LogP contribution in [0.25, 0.3) is 32.7 Å². The summed E-state index contributed by atoms with van der Waals surface area (Å²) in [5, 5.41) is 16.2. The molecule has 5 N–H and O–H groups in total. The van der Waals surface area contributed by atoms with Crippen LogP contribution < -0.4 is 26.3 Å². The minimum atomic E-state index is -0.610. The zero-order chi connectivity index (χ0) is 35.6. The summed E-state index contributed by atoms with van der Waals surface area (Å²) in [6.45, 7) is 5.95. The number of aromatic nitrogens is 3. The first-order valence-electron chi connectivity index (χ1n) is 17.4. The third-order valence-electron chi connectivity index (χ3n) is 8.78. The smallest absolute Gasteiger partial charge is 0.245 e. The third kappa shape index (κ3) is 9.38. The molecule has 0 bridgehead atoms. The average Bonchev–Trinajstić information content (AvgIpc) is 3.61. The van der Waals surface area contributed by atoms with Crippen molar-refractivity contribution in [3.05, 3.63) is 121 Å². The number of nitrogens with zero attached hydrogens (tertiary/aromatic N) is 4. The van der Waals surface area contributed by atoms with E-state index in [0.29, 0.717) is 49.9 Å². The Morgan fingerprint density at radius 3 is 2.06 bits per heavy atom. The van der Waals surface area contributed by atoms with E-state index in [4.69, 9.17) is 20.9 Å². The van der Waals surface area contributed by atoms with Gasteiger partial charge in [0.2, 0.25) is 5.91 Å². The highest BCUT2D eigenvalue weighted by atomic mass is 35.5. The molecule has 10 nitrogen and oxygen atoms in total. The second-order valence-electron chi connectivity index (χ2n) is 13.0.